The van der Waals surface area contributed by atoms with Gasteiger partial charge in [0.25, 0.3) is 11.8 Å². The Labute approximate surface area is 321 Å². The van der Waals surface area contributed by atoms with E-state index in [-0.39, 0.29) is 66.5 Å². The average Bonchev–Trinajstić information content (AvgIpc) is 3.98. The maximum atomic E-state index is 13.2. The summed E-state index contributed by atoms with van der Waals surface area (Å²) in [5.41, 5.74) is 2.26. The van der Waals surface area contributed by atoms with Crippen molar-refractivity contribution in [3.8, 4) is 11.5 Å². The topological polar surface area (TPSA) is 189 Å². The highest BCUT2D eigenvalue weighted by atomic mass is 16.5. The standard InChI is InChI=1S/C40H40N8O8/c49-32-10-2-1-8-29(32)33(50)15-16-45-23-28-20-27(45)24-47(28)35-12-3-6-25(41-35)21-46-22-26(43-44-46)7-5-17-55-18-19-56-34-11-4-9-30-37(34)40(54)48(39(30)53)31-13-14-36(51)42-38(31)52/h1-4,6,8-12,15-16,22,27-28,31,49H,5,7,13-14,17-21,23-24H2,(H,42,51,52)/b16-15+/t27-,28-,31?/m1/s1. The van der Waals surface area contributed by atoms with E-state index < -0.39 is 29.7 Å². The van der Waals surface area contributed by atoms with Gasteiger partial charge in [-0.3, -0.25) is 34.2 Å². The van der Waals surface area contributed by atoms with Crippen LogP contribution < -0.4 is 15.0 Å². The molecule has 4 aliphatic heterocycles. The van der Waals surface area contributed by atoms with Gasteiger partial charge >= 0.3 is 0 Å². The van der Waals surface area contributed by atoms with E-state index in [4.69, 9.17) is 14.5 Å². The Balaban J connectivity index is 0.760. The Morgan fingerprint density at radius 2 is 1.79 bits per heavy atom. The number of aromatic hydroxyl groups is 1. The minimum absolute atomic E-state index is 0.0196. The molecule has 2 aromatic carbocycles. The number of ketones is 1. The molecule has 8 rings (SSSR count). The molecule has 4 aromatic rings. The summed E-state index contributed by atoms with van der Waals surface area (Å²) in [6, 6.07) is 16.8. The van der Waals surface area contributed by atoms with E-state index >= 15 is 0 Å². The van der Waals surface area contributed by atoms with Gasteiger partial charge in [0, 0.05) is 56.7 Å². The van der Waals surface area contributed by atoms with Crippen LogP contribution in [-0.4, -0.2) is 115 Å². The Morgan fingerprint density at radius 1 is 0.929 bits per heavy atom. The summed E-state index contributed by atoms with van der Waals surface area (Å²) in [5, 5.41) is 20.8. The number of piperidine rings is 1. The third kappa shape index (κ3) is 7.47. The first-order chi connectivity index (χ1) is 27.2. The van der Waals surface area contributed by atoms with Gasteiger partial charge in [-0.15, -0.1) is 5.10 Å². The molecule has 0 aliphatic carbocycles. The number of likely N-dealkylation sites (tertiary alicyclic amines) is 1. The van der Waals surface area contributed by atoms with Crippen LogP contribution in [0.15, 0.2) is 79.1 Å². The molecule has 0 saturated carbocycles. The fourth-order valence-electron chi connectivity index (χ4n) is 7.78. The maximum Gasteiger partial charge on any atom is 0.266 e. The minimum atomic E-state index is -1.04. The number of piperazine rings is 1. The lowest BCUT2D eigenvalue weighted by Gasteiger charge is -2.34. The molecule has 0 radical (unpaired) electrons. The zero-order valence-corrected chi connectivity index (χ0v) is 30.5. The SMILES string of the molecule is O=C1CCC(N2C(=O)c3cccc(OCCOCCCc4cn(Cc5cccc(N6C[C@H]7C[C@@H]6CN7/C=C/C(=O)c6ccccc6O)n5)nn4)c3C2=O)C(=O)N1. The number of anilines is 1. The van der Waals surface area contributed by atoms with Gasteiger partial charge in [0.15, 0.2) is 5.78 Å². The summed E-state index contributed by atoms with van der Waals surface area (Å²) in [5.74, 6) is -1.39. The number of allylic oxidation sites excluding steroid dienone is 1. The number of benzene rings is 2. The number of nitrogens with one attached hydrogen (secondary N) is 1. The number of nitrogens with zero attached hydrogens (tertiary/aromatic N) is 7. The zero-order chi connectivity index (χ0) is 38.8. The quantitative estimate of drug-likeness (QED) is 0.0779. The van der Waals surface area contributed by atoms with Crippen LogP contribution in [0.2, 0.25) is 0 Å². The van der Waals surface area contributed by atoms with E-state index in [1.807, 2.05) is 30.6 Å². The second-order valence-electron chi connectivity index (χ2n) is 14.2. The number of imide groups is 2. The number of fused-ring (bicyclic) bond motifs is 3. The molecule has 2 N–H and O–H groups in total. The molecule has 1 unspecified atom stereocenters. The van der Waals surface area contributed by atoms with Crippen LogP contribution in [0.25, 0.3) is 0 Å². The van der Waals surface area contributed by atoms with Crippen LogP contribution in [0.5, 0.6) is 11.5 Å². The number of carbonyl (C=O) groups excluding carboxylic acids is 5. The van der Waals surface area contributed by atoms with Gasteiger partial charge in [0.05, 0.1) is 41.2 Å². The van der Waals surface area contributed by atoms with Gasteiger partial charge < -0.3 is 24.4 Å². The third-order valence-electron chi connectivity index (χ3n) is 10.5. The van der Waals surface area contributed by atoms with Crippen molar-refractivity contribution in [1.29, 1.82) is 0 Å². The summed E-state index contributed by atoms with van der Waals surface area (Å²) in [6.07, 6.45) is 7.75. The Hall–Kier alpha value is -6.42. The Kier molecular flexibility index (Phi) is 10.3. The largest absolute Gasteiger partial charge is 0.507 e. The lowest BCUT2D eigenvalue weighted by atomic mass is 10.0. The lowest BCUT2D eigenvalue weighted by molar-refractivity contribution is -0.136. The highest BCUT2D eigenvalue weighted by Crippen LogP contribution is 2.35. The highest BCUT2D eigenvalue weighted by molar-refractivity contribution is 6.24. The van der Waals surface area contributed by atoms with E-state index in [0.717, 1.165) is 41.6 Å². The summed E-state index contributed by atoms with van der Waals surface area (Å²) >= 11 is 0. The number of carbonyl (C=O) groups is 5. The first-order valence-electron chi connectivity index (χ1n) is 18.7. The monoisotopic (exact) mass is 760 g/mol. The summed E-state index contributed by atoms with van der Waals surface area (Å²) in [6.45, 7) is 2.92. The van der Waals surface area contributed by atoms with E-state index in [1.54, 1.807) is 35.0 Å². The molecule has 56 heavy (non-hydrogen) atoms. The van der Waals surface area contributed by atoms with Crippen molar-refractivity contribution >= 4 is 35.2 Å². The first-order valence-corrected chi connectivity index (χ1v) is 18.7. The molecular weight excluding hydrogens is 720 g/mol. The van der Waals surface area contributed by atoms with Crippen molar-refractivity contribution in [3.05, 3.63) is 107 Å². The van der Waals surface area contributed by atoms with E-state index in [2.05, 4.69) is 25.4 Å². The third-order valence-corrected chi connectivity index (χ3v) is 10.5. The number of para-hydroxylation sites is 1. The molecule has 2 aromatic heterocycles. The predicted octanol–water partition coefficient (Wildman–Crippen LogP) is 2.52. The maximum absolute atomic E-state index is 13.2. The molecule has 3 fully saturated rings. The smallest absolute Gasteiger partial charge is 0.266 e. The van der Waals surface area contributed by atoms with E-state index in [1.165, 1.54) is 18.2 Å². The van der Waals surface area contributed by atoms with Gasteiger partial charge in [0.2, 0.25) is 11.8 Å². The molecule has 2 bridgehead atoms. The summed E-state index contributed by atoms with van der Waals surface area (Å²) in [7, 11) is 0. The normalized spacial score (nSPS) is 20.4. The number of aromatic nitrogens is 4. The molecule has 0 spiro atoms. The number of hydrogen-bond donors (Lipinski definition) is 2. The molecule has 3 saturated heterocycles. The Bertz CT molecular complexity index is 2220. The van der Waals surface area contributed by atoms with Crippen LogP contribution in [0.3, 0.4) is 0 Å². The van der Waals surface area contributed by atoms with Gasteiger partial charge in [0.1, 0.15) is 30.0 Å². The number of rotatable bonds is 15. The van der Waals surface area contributed by atoms with E-state index in [9.17, 15) is 29.1 Å². The van der Waals surface area contributed by atoms with Crippen molar-refractivity contribution in [2.75, 3.05) is 37.8 Å². The number of phenols is 1. The van der Waals surface area contributed by atoms with E-state index in [0.29, 0.717) is 31.6 Å². The number of phenolic OH excluding ortho intramolecular Hbond substituents is 1. The minimum Gasteiger partial charge on any atom is -0.507 e. The van der Waals surface area contributed by atoms with Gasteiger partial charge in [-0.2, -0.15) is 0 Å². The molecule has 16 heteroatoms. The van der Waals surface area contributed by atoms with Gasteiger partial charge in [-0.25, -0.2) is 9.67 Å². The number of pyridine rings is 1. The van der Waals surface area contributed by atoms with Crippen molar-refractivity contribution in [1.82, 2.24) is 35.1 Å². The molecule has 288 valence electrons. The van der Waals surface area contributed by atoms with Crippen molar-refractivity contribution in [2.24, 2.45) is 0 Å². The predicted molar refractivity (Wildman–Crippen MR) is 199 cm³/mol. The summed E-state index contributed by atoms with van der Waals surface area (Å²) in [4.78, 5) is 73.2. The van der Waals surface area contributed by atoms with Crippen molar-refractivity contribution in [3.63, 3.8) is 0 Å². The average molecular weight is 761 g/mol. The van der Waals surface area contributed by atoms with Crippen LogP contribution in [0.4, 0.5) is 5.82 Å². The molecule has 16 nitrogen and oxygen atoms in total. The lowest BCUT2D eigenvalue weighted by Crippen LogP contribution is -2.54. The molecular formula is C40H40N8O8. The van der Waals surface area contributed by atoms with Crippen LogP contribution in [0, 0.1) is 0 Å². The number of aryl methyl sites for hydroxylation is 1. The Morgan fingerprint density at radius 3 is 2.61 bits per heavy atom. The summed E-state index contributed by atoms with van der Waals surface area (Å²) < 4.78 is 13.4. The first kappa shape index (κ1) is 36.6. The second kappa shape index (κ2) is 15.7. The molecule has 3 atom stereocenters. The number of amides is 4. The van der Waals surface area contributed by atoms with Crippen molar-refractivity contribution in [2.45, 2.75) is 56.8 Å². The molecule has 6 heterocycles. The van der Waals surface area contributed by atoms with Crippen LogP contribution >= 0.6 is 0 Å². The fraction of sp³-hybridized carbons (Fsp3) is 0.350. The van der Waals surface area contributed by atoms with Crippen LogP contribution in [-0.2, 0) is 27.3 Å². The molecule has 4 amide bonds. The number of hydrogen-bond acceptors (Lipinski definition) is 13. The zero-order valence-electron chi connectivity index (χ0n) is 30.5. The fourth-order valence-corrected chi connectivity index (χ4v) is 7.78. The van der Waals surface area contributed by atoms with Gasteiger partial charge in [-0.05, 0) is 62.1 Å². The highest BCUT2D eigenvalue weighted by Gasteiger charge is 2.46. The second-order valence-corrected chi connectivity index (χ2v) is 14.2. The van der Waals surface area contributed by atoms with Gasteiger partial charge in [-0.1, -0.05) is 29.5 Å². The molecule has 4 aliphatic rings. The van der Waals surface area contributed by atoms with Crippen LogP contribution in [0.1, 0.15) is 68.1 Å². The number of ether oxygens (including phenoxy) is 2. The van der Waals surface area contributed by atoms with Crippen molar-refractivity contribution < 1.29 is 38.6 Å².